The third-order valence-electron chi connectivity index (χ3n) is 2.25. The highest BCUT2D eigenvalue weighted by Crippen LogP contribution is 2.26. The smallest absolute Gasteiger partial charge is 0.349 e. The summed E-state index contributed by atoms with van der Waals surface area (Å²) in [5.41, 5.74) is -2.06. The van der Waals surface area contributed by atoms with Crippen LogP contribution in [0.3, 0.4) is 0 Å². The topological polar surface area (TPSA) is 62.5 Å². The van der Waals surface area contributed by atoms with Gasteiger partial charge in [0.05, 0.1) is 0 Å². The number of esters is 1. The van der Waals surface area contributed by atoms with Gasteiger partial charge < -0.3 is 4.74 Å². The molecular formula is C14H24N2O2S2. The lowest BCUT2D eigenvalue weighted by Gasteiger charge is -2.26. The summed E-state index contributed by atoms with van der Waals surface area (Å²) >= 11 is 3.10. The standard InChI is InChI=1S/C14H24N2O2S2/c1-7-14(10-15,11(17)18-13(4,5)6)16-12(19-8-2)20-9-3/h7-9H2,1-6H3. The van der Waals surface area contributed by atoms with Crippen molar-refractivity contribution in [2.45, 2.75) is 59.1 Å². The molecule has 0 amide bonds. The van der Waals surface area contributed by atoms with Crippen molar-refractivity contribution >= 4 is 33.9 Å². The number of thioether (sulfide) groups is 2. The lowest BCUT2D eigenvalue weighted by Crippen LogP contribution is -2.41. The molecule has 1 unspecified atom stereocenters. The Bertz CT molecular complexity index is 389. The van der Waals surface area contributed by atoms with Crippen molar-refractivity contribution in [2.24, 2.45) is 4.99 Å². The Hall–Kier alpha value is -0.670. The van der Waals surface area contributed by atoms with E-state index in [0.717, 1.165) is 15.9 Å². The first-order valence-electron chi connectivity index (χ1n) is 6.74. The summed E-state index contributed by atoms with van der Waals surface area (Å²) in [6.07, 6.45) is 0.302. The second-order valence-corrected chi connectivity index (χ2v) is 7.84. The van der Waals surface area contributed by atoms with E-state index < -0.39 is 17.1 Å². The van der Waals surface area contributed by atoms with E-state index in [1.165, 1.54) is 0 Å². The lowest BCUT2D eigenvalue weighted by atomic mass is 9.99. The third-order valence-corrected chi connectivity index (χ3v) is 4.21. The molecule has 0 aromatic carbocycles. The summed E-state index contributed by atoms with van der Waals surface area (Å²) in [6.45, 7) is 11.2. The van der Waals surface area contributed by atoms with E-state index in [1.807, 2.05) is 19.9 Å². The van der Waals surface area contributed by atoms with Gasteiger partial charge in [-0.05, 0) is 38.7 Å². The van der Waals surface area contributed by atoms with Crippen molar-refractivity contribution in [1.29, 1.82) is 5.26 Å². The largest absolute Gasteiger partial charge is 0.457 e. The van der Waals surface area contributed by atoms with Crippen LogP contribution in [0.5, 0.6) is 0 Å². The van der Waals surface area contributed by atoms with Crippen LogP contribution in [0.1, 0.15) is 48.0 Å². The van der Waals surface area contributed by atoms with Gasteiger partial charge in [0.15, 0.2) is 0 Å². The van der Waals surface area contributed by atoms with E-state index in [4.69, 9.17) is 4.74 Å². The molecule has 0 aliphatic rings. The quantitative estimate of drug-likeness (QED) is 0.438. The summed E-state index contributed by atoms with van der Waals surface area (Å²) in [6, 6.07) is 2.05. The molecular weight excluding hydrogens is 292 g/mol. The number of aliphatic imine (C=N–C) groups is 1. The number of nitrogens with zero attached hydrogens (tertiary/aromatic N) is 2. The molecule has 0 rings (SSSR count). The summed E-state index contributed by atoms with van der Waals surface area (Å²) in [4.78, 5) is 16.7. The Morgan fingerprint density at radius 3 is 2.00 bits per heavy atom. The van der Waals surface area contributed by atoms with Crippen LogP contribution >= 0.6 is 23.5 Å². The monoisotopic (exact) mass is 316 g/mol. The molecule has 0 N–H and O–H groups in total. The average molecular weight is 316 g/mol. The van der Waals surface area contributed by atoms with Crippen molar-refractivity contribution in [3.63, 3.8) is 0 Å². The summed E-state index contributed by atoms with van der Waals surface area (Å²) < 4.78 is 6.12. The van der Waals surface area contributed by atoms with E-state index in [-0.39, 0.29) is 0 Å². The van der Waals surface area contributed by atoms with Crippen molar-refractivity contribution in [1.82, 2.24) is 0 Å². The van der Waals surface area contributed by atoms with Gasteiger partial charge in [0.2, 0.25) is 5.54 Å². The number of carbonyl (C=O) groups excluding carboxylic acids is 1. The van der Waals surface area contributed by atoms with Gasteiger partial charge in [-0.2, -0.15) is 5.26 Å². The van der Waals surface area contributed by atoms with E-state index >= 15 is 0 Å². The molecule has 0 heterocycles. The van der Waals surface area contributed by atoms with Crippen molar-refractivity contribution in [3.05, 3.63) is 0 Å². The molecule has 0 aliphatic heterocycles. The number of hydrogen-bond acceptors (Lipinski definition) is 6. The predicted molar refractivity (Wildman–Crippen MR) is 88.2 cm³/mol. The number of nitriles is 1. The second-order valence-electron chi connectivity index (χ2n) is 5.07. The van der Waals surface area contributed by atoms with Gasteiger partial charge in [-0.3, -0.25) is 0 Å². The minimum atomic E-state index is -1.44. The minimum Gasteiger partial charge on any atom is -0.457 e. The zero-order valence-corrected chi connectivity index (χ0v) is 14.8. The summed E-state index contributed by atoms with van der Waals surface area (Å²) in [5, 5.41) is 9.45. The maximum Gasteiger partial charge on any atom is 0.349 e. The molecule has 1 atom stereocenters. The zero-order chi connectivity index (χ0) is 15.8. The Labute approximate surface area is 130 Å². The third kappa shape index (κ3) is 6.19. The van der Waals surface area contributed by atoms with E-state index in [9.17, 15) is 10.1 Å². The Morgan fingerprint density at radius 2 is 1.70 bits per heavy atom. The van der Waals surface area contributed by atoms with Gasteiger partial charge in [0, 0.05) is 0 Å². The van der Waals surface area contributed by atoms with Gasteiger partial charge in [-0.25, -0.2) is 9.79 Å². The van der Waals surface area contributed by atoms with E-state index in [1.54, 1.807) is 51.2 Å². The molecule has 4 nitrogen and oxygen atoms in total. The molecule has 0 aliphatic carbocycles. The maximum atomic E-state index is 12.3. The first-order valence-corrected chi connectivity index (χ1v) is 8.71. The van der Waals surface area contributed by atoms with Gasteiger partial charge >= 0.3 is 5.97 Å². The molecule has 0 saturated heterocycles. The molecule has 0 aromatic rings. The molecule has 6 heteroatoms. The van der Waals surface area contributed by atoms with Crippen LogP contribution < -0.4 is 0 Å². The first-order chi connectivity index (χ1) is 9.24. The molecule has 114 valence electrons. The van der Waals surface area contributed by atoms with Crippen LogP contribution in [0.15, 0.2) is 4.99 Å². The van der Waals surface area contributed by atoms with Crippen molar-refractivity contribution in [2.75, 3.05) is 11.5 Å². The number of hydrogen-bond donors (Lipinski definition) is 0. The van der Waals surface area contributed by atoms with Gasteiger partial charge in [0.1, 0.15) is 16.0 Å². The van der Waals surface area contributed by atoms with E-state index in [2.05, 4.69) is 4.99 Å². The highest BCUT2D eigenvalue weighted by atomic mass is 32.2. The van der Waals surface area contributed by atoms with Crippen LogP contribution in [-0.4, -0.2) is 33.0 Å². The van der Waals surface area contributed by atoms with Gasteiger partial charge in [-0.15, -0.1) is 23.5 Å². The van der Waals surface area contributed by atoms with Crippen molar-refractivity contribution in [3.8, 4) is 6.07 Å². The van der Waals surface area contributed by atoms with Gasteiger partial charge in [-0.1, -0.05) is 20.8 Å². The van der Waals surface area contributed by atoms with Crippen LogP contribution in [-0.2, 0) is 9.53 Å². The fraction of sp³-hybridized carbons (Fsp3) is 0.786. The first kappa shape index (κ1) is 19.3. The van der Waals surface area contributed by atoms with E-state index in [0.29, 0.717) is 6.42 Å². The number of ether oxygens (including phenoxy) is 1. The molecule has 0 aromatic heterocycles. The zero-order valence-electron chi connectivity index (χ0n) is 13.1. The Morgan fingerprint density at radius 1 is 1.20 bits per heavy atom. The molecule has 0 spiro atoms. The van der Waals surface area contributed by atoms with Crippen LogP contribution in [0.25, 0.3) is 0 Å². The predicted octanol–water partition coefficient (Wildman–Crippen LogP) is 3.86. The highest BCUT2D eigenvalue weighted by molar-refractivity contribution is 8.38. The normalized spacial score (nSPS) is 14.1. The minimum absolute atomic E-state index is 0.302. The molecule has 0 fully saturated rings. The molecule has 0 bridgehead atoms. The second kappa shape index (κ2) is 8.58. The van der Waals surface area contributed by atoms with Crippen LogP contribution in [0.4, 0.5) is 0 Å². The summed E-state index contributed by atoms with van der Waals surface area (Å²) in [7, 11) is 0. The fourth-order valence-corrected chi connectivity index (χ4v) is 3.27. The van der Waals surface area contributed by atoms with Crippen LogP contribution in [0.2, 0.25) is 0 Å². The highest BCUT2D eigenvalue weighted by Gasteiger charge is 2.41. The van der Waals surface area contributed by atoms with Crippen molar-refractivity contribution < 1.29 is 9.53 Å². The number of rotatable bonds is 5. The molecule has 20 heavy (non-hydrogen) atoms. The van der Waals surface area contributed by atoms with Crippen LogP contribution in [0, 0.1) is 11.3 Å². The molecule has 0 saturated carbocycles. The lowest BCUT2D eigenvalue weighted by molar-refractivity contribution is -0.159. The SMILES string of the molecule is CCSC(=NC(C#N)(CC)C(=O)OC(C)(C)C)SCC. The molecule has 0 radical (unpaired) electrons. The Kier molecular flexibility index (Phi) is 8.29. The summed E-state index contributed by atoms with van der Waals surface area (Å²) in [5.74, 6) is 1.14. The number of carbonyl (C=O) groups is 1. The van der Waals surface area contributed by atoms with Gasteiger partial charge in [0.25, 0.3) is 0 Å². The Balaban J connectivity index is 5.43. The fourth-order valence-electron chi connectivity index (χ4n) is 1.29. The average Bonchev–Trinajstić information content (AvgIpc) is 2.34. The maximum absolute atomic E-state index is 12.3.